The summed E-state index contributed by atoms with van der Waals surface area (Å²) in [6.07, 6.45) is 5.75. The van der Waals surface area contributed by atoms with Crippen LogP contribution < -0.4 is 42.6 Å². The van der Waals surface area contributed by atoms with Gasteiger partial charge in [-0.15, -0.1) is 20.5 Å². The van der Waals surface area contributed by atoms with Gasteiger partial charge in [-0.2, -0.15) is 0 Å². The average Bonchev–Trinajstić information content (AvgIpc) is 2.70. The molecule has 2 rings (SSSR count). The minimum absolute atomic E-state index is 0. The second kappa shape index (κ2) is 22.3. The molecule has 0 aliphatic rings. The normalized spacial score (nSPS) is 11.1. The maximum Gasteiger partial charge on any atom is 3.00 e. The number of aryl methyl sites for hydroxylation is 2. The molecule has 4 N–H and O–H groups in total. The van der Waals surface area contributed by atoms with E-state index >= 15 is 0 Å². The first-order chi connectivity index (χ1) is 16.2. The van der Waals surface area contributed by atoms with Crippen LogP contribution in [0.25, 0.3) is 0 Å². The molecule has 0 aromatic carbocycles. The van der Waals surface area contributed by atoms with Gasteiger partial charge in [-0.1, -0.05) is 12.1 Å². The smallest absolute Gasteiger partial charge is 0.457 e. The van der Waals surface area contributed by atoms with Crippen LogP contribution in [0.2, 0.25) is 0 Å². The van der Waals surface area contributed by atoms with Crippen LogP contribution in [0.5, 0.6) is 0 Å². The van der Waals surface area contributed by atoms with Gasteiger partial charge in [0.15, 0.2) is 0 Å². The Morgan fingerprint density at radius 3 is 1.32 bits per heavy atom. The molecule has 0 unspecified atom stereocenters. The van der Waals surface area contributed by atoms with E-state index in [1.54, 1.807) is 0 Å². The Hall–Kier alpha value is -1.67. The molecule has 14 nitrogen and oxygen atoms in total. The Labute approximate surface area is 229 Å². The number of nitrogens with zero attached hydrogens (tertiary/aromatic N) is 4. The first-order valence-corrected chi connectivity index (χ1v) is 12.5. The Balaban J connectivity index is -0.000000822. The first-order valence-electron chi connectivity index (χ1n) is 10.1. The Bertz CT molecular complexity index is 817. The van der Waals surface area contributed by atoms with Crippen LogP contribution in [0.1, 0.15) is 35.6 Å². The van der Waals surface area contributed by atoms with E-state index in [1.165, 1.54) is 0 Å². The van der Waals surface area contributed by atoms with E-state index in [1.807, 2.05) is 62.7 Å². The Morgan fingerprint density at radius 2 is 1.03 bits per heavy atom. The summed E-state index contributed by atoms with van der Waals surface area (Å²) < 4.78 is 67.9. The summed E-state index contributed by atoms with van der Waals surface area (Å²) in [4.78, 5) is 17.6. The van der Waals surface area contributed by atoms with E-state index in [-0.39, 0.29) is 22.3 Å². The number of halogens is 2. The number of rotatable bonds is 10. The van der Waals surface area contributed by atoms with Crippen molar-refractivity contribution in [3.63, 3.8) is 0 Å². The van der Waals surface area contributed by atoms with Crippen LogP contribution in [0.3, 0.4) is 0 Å². The van der Waals surface area contributed by atoms with Gasteiger partial charge in [0, 0.05) is 36.9 Å². The minimum Gasteiger partial charge on any atom is -0.457 e. The molecule has 37 heavy (non-hydrogen) atoms. The molecule has 0 radical (unpaired) electrons. The number of hydrogen-bond acceptors (Lipinski definition) is 13. The van der Waals surface area contributed by atoms with Gasteiger partial charge in [0.25, 0.3) is 0 Å². The van der Waals surface area contributed by atoms with Crippen LogP contribution in [0.15, 0.2) is 46.4 Å². The topological polar surface area (TPSA) is 280 Å². The van der Waals surface area contributed by atoms with Crippen molar-refractivity contribution in [3.05, 3.63) is 59.2 Å². The zero-order chi connectivity index (χ0) is 26.7. The molecule has 2 aromatic heterocycles. The molecule has 0 bridgehead atoms. The summed E-state index contributed by atoms with van der Waals surface area (Å²) in [5, 5.41) is 3.42. The van der Waals surface area contributed by atoms with Crippen molar-refractivity contribution in [2.45, 2.75) is 26.7 Å². The summed E-state index contributed by atoms with van der Waals surface area (Å²) in [5.41, 5.74) is 3.89. The molecule has 0 atom stereocenters. The summed E-state index contributed by atoms with van der Waals surface area (Å²) >= 11 is 0. The first kappa shape index (κ1) is 39.8. The fourth-order valence-electron chi connectivity index (χ4n) is 2.30. The predicted molar refractivity (Wildman–Crippen MR) is 110 cm³/mol. The van der Waals surface area contributed by atoms with Crippen LogP contribution >= 0.6 is 0 Å². The molecule has 0 spiro atoms. The van der Waals surface area contributed by atoms with Crippen molar-refractivity contribution in [1.29, 1.82) is 0 Å². The fraction of sp³-hybridized carbons (Fsp3) is 0.400. The van der Waals surface area contributed by atoms with Gasteiger partial charge in [0.1, 0.15) is 0 Å². The van der Waals surface area contributed by atoms with Crippen molar-refractivity contribution in [1.82, 2.24) is 15.3 Å². The van der Waals surface area contributed by atoms with Gasteiger partial charge >= 0.3 is 16.8 Å². The molecule has 17 heteroatoms. The third-order valence-electron chi connectivity index (χ3n) is 3.55. The number of pyridine rings is 2. The molecule has 0 saturated carbocycles. The Morgan fingerprint density at radius 1 is 0.703 bits per heavy atom. The van der Waals surface area contributed by atoms with Gasteiger partial charge < -0.3 is 10.8 Å². The number of aliphatic imine (C=N–C) groups is 2. The van der Waals surface area contributed by atoms with Crippen molar-refractivity contribution < 1.29 is 80.0 Å². The molecule has 2 heterocycles. The van der Waals surface area contributed by atoms with Gasteiger partial charge in [0.2, 0.25) is 0 Å². The van der Waals surface area contributed by atoms with Crippen LogP contribution in [0.4, 0.5) is 0 Å². The zero-order valence-corrected chi connectivity index (χ0v) is 22.6. The second-order valence-electron chi connectivity index (χ2n) is 6.69. The quantitative estimate of drug-likeness (QED) is 0.149. The SMILES string of the molecule is Cc1cccc(C=NCCCNCCCN=Cc2cccc(C)n2)n1.[Co+3].[O-][Cl+3]([O-])([O-])[O-].[O-][Cl+3]([O-])([O-])[O-].[OH3+]. The van der Waals surface area contributed by atoms with Gasteiger partial charge in [-0.05, 0) is 64.0 Å². The Kier molecular flexibility index (Phi) is 24.0. The molecular weight excluding hydrogens is 584 g/mol. The molecule has 0 fully saturated rings. The summed E-state index contributed by atoms with van der Waals surface area (Å²) in [7, 11) is -9.89. The third kappa shape index (κ3) is 34.3. The minimum atomic E-state index is -4.94. The van der Waals surface area contributed by atoms with Gasteiger partial charge in [0.05, 0.1) is 11.4 Å². The molecule has 0 saturated heterocycles. The summed E-state index contributed by atoms with van der Waals surface area (Å²) in [5.74, 6) is 0. The summed E-state index contributed by atoms with van der Waals surface area (Å²) in [6, 6.07) is 11.9. The maximum atomic E-state index is 8.49. The monoisotopic (exact) mass is 613 g/mol. The van der Waals surface area contributed by atoms with Crippen molar-refractivity contribution >= 4 is 12.4 Å². The van der Waals surface area contributed by atoms with Crippen molar-refractivity contribution in [2.24, 2.45) is 9.98 Å². The van der Waals surface area contributed by atoms with E-state index < -0.39 is 20.5 Å². The second-order valence-corrected chi connectivity index (χ2v) is 8.20. The van der Waals surface area contributed by atoms with E-state index in [2.05, 4.69) is 25.3 Å². The van der Waals surface area contributed by atoms with Crippen molar-refractivity contribution in [2.75, 3.05) is 26.2 Å². The predicted octanol–water partition coefficient (Wildman–Crippen LogP) is -7.44. The molecular formula is C20H30Cl2CoN5O9+2. The molecule has 0 aliphatic carbocycles. The van der Waals surface area contributed by atoms with Crippen LogP contribution in [-0.4, -0.2) is 48.6 Å². The van der Waals surface area contributed by atoms with E-state index in [0.717, 1.165) is 61.8 Å². The summed E-state index contributed by atoms with van der Waals surface area (Å²) in [6.45, 7) is 7.56. The molecule has 0 amide bonds. The van der Waals surface area contributed by atoms with E-state index in [4.69, 9.17) is 37.3 Å². The molecule has 0 aliphatic heterocycles. The van der Waals surface area contributed by atoms with E-state index in [0.29, 0.717) is 0 Å². The molecule has 210 valence electrons. The maximum absolute atomic E-state index is 8.49. The van der Waals surface area contributed by atoms with Crippen LogP contribution in [-0.2, 0) is 22.3 Å². The number of aromatic nitrogens is 2. The molecule has 2 aromatic rings. The van der Waals surface area contributed by atoms with Crippen LogP contribution in [0, 0.1) is 34.3 Å². The number of nitrogens with one attached hydrogen (secondary N) is 1. The third-order valence-corrected chi connectivity index (χ3v) is 3.55. The standard InChI is InChI=1S/C20H27N5.2ClHO4.Co.H2O/c1-17-7-3-9-19(24-17)15-22-13-5-11-21-12-6-14-23-16-20-10-4-8-18(2)25-20;2*2-1(3,4)5;;/h3-4,7-10,15-16,21H,5-6,11-14H2,1-2H3;2*(H,2,3,4,5);;1H2/q;;;+3;/p-1. The van der Waals surface area contributed by atoms with Crippen molar-refractivity contribution in [3.8, 4) is 0 Å². The largest absolute Gasteiger partial charge is 3.00 e. The average molecular weight is 614 g/mol. The van der Waals surface area contributed by atoms with E-state index in [9.17, 15) is 0 Å². The van der Waals surface area contributed by atoms with Gasteiger partial charge in [-0.25, -0.2) is 37.3 Å². The zero-order valence-electron chi connectivity index (χ0n) is 20.1. The van der Waals surface area contributed by atoms with Gasteiger partial charge in [-0.3, -0.25) is 20.0 Å². The fourth-order valence-corrected chi connectivity index (χ4v) is 2.30. The number of hydrogen-bond donors (Lipinski definition) is 1.